The third-order valence-corrected chi connectivity index (χ3v) is 3.02. The first-order valence-electron chi connectivity index (χ1n) is 5.33. The van der Waals surface area contributed by atoms with Crippen molar-refractivity contribution >= 4 is 11.3 Å². The van der Waals surface area contributed by atoms with E-state index < -0.39 is 0 Å². The van der Waals surface area contributed by atoms with Gasteiger partial charge in [-0.3, -0.25) is 0 Å². The lowest BCUT2D eigenvalue weighted by Gasteiger charge is -2.02. The van der Waals surface area contributed by atoms with Crippen molar-refractivity contribution in [3.63, 3.8) is 0 Å². The molecule has 79 valence electrons. The van der Waals surface area contributed by atoms with Crippen LogP contribution in [0.25, 0.3) is 0 Å². The Morgan fingerprint density at radius 2 is 2.07 bits per heavy atom. The fourth-order valence-corrected chi connectivity index (χ4v) is 2.02. The van der Waals surface area contributed by atoms with Crippen LogP contribution in [0.1, 0.15) is 30.6 Å². The first-order chi connectivity index (χ1) is 6.93. The minimum Gasteiger partial charge on any atom is -0.381 e. The number of hydrogen-bond acceptors (Lipinski definition) is 2. The summed E-state index contributed by atoms with van der Waals surface area (Å²) in [5, 5.41) is 2.14. The van der Waals surface area contributed by atoms with E-state index in [4.69, 9.17) is 4.74 Å². The van der Waals surface area contributed by atoms with Gasteiger partial charge in [0.15, 0.2) is 0 Å². The van der Waals surface area contributed by atoms with Crippen LogP contribution in [0, 0.1) is 6.92 Å². The monoisotopic (exact) mass is 211 g/mol. The predicted molar refractivity (Wildman–Crippen MR) is 62.7 cm³/mol. The van der Waals surface area contributed by atoms with Crippen LogP contribution in [0.15, 0.2) is 17.5 Å². The van der Waals surface area contributed by atoms with Crippen LogP contribution in [-0.4, -0.2) is 13.2 Å². The van der Waals surface area contributed by atoms with Gasteiger partial charge in [0.05, 0.1) is 0 Å². The molecular weight excluding hydrogens is 192 g/mol. The molecule has 0 atom stereocenters. The fraction of sp³-hybridized carbons (Fsp3) is 0.583. The molecule has 1 aromatic heterocycles. The molecule has 1 radical (unpaired) electrons. The van der Waals surface area contributed by atoms with Gasteiger partial charge in [-0.25, -0.2) is 0 Å². The molecular formula is C12H19OS. The van der Waals surface area contributed by atoms with Crippen molar-refractivity contribution in [1.29, 1.82) is 0 Å². The van der Waals surface area contributed by atoms with Crippen LogP contribution in [-0.2, 0) is 11.2 Å². The summed E-state index contributed by atoms with van der Waals surface area (Å²) < 4.78 is 5.46. The van der Waals surface area contributed by atoms with E-state index >= 15 is 0 Å². The van der Waals surface area contributed by atoms with Crippen molar-refractivity contribution in [2.75, 3.05) is 13.2 Å². The van der Waals surface area contributed by atoms with Gasteiger partial charge in [-0.1, -0.05) is 19.4 Å². The predicted octanol–water partition coefficient (Wildman–Crippen LogP) is 3.70. The first kappa shape index (κ1) is 11.7. The molecule has 0 fully saturated rings. The molecule has 0 unspecified atom stereocenters. The van der Waals surface area contributed by atoms with Gasteiger partial charge in [-0.2, -0.15) is 0 Å². The highest BCUT2D eigenvalue weighted by Crippen LogP contribution is 2.11. The van der Waals surface area contributed by atoms with Gasteiger partial charge in [0.2, 0.25) is 0 Å². The molecule has 0 amide bonds. The molecule has 14 heavy (non-hydrogen) atoms. The van der Waals surface area contributed by atoms with E-state index in [0.29, 0.717) is 0 Å². The zero-order chi connectivity index (χ0) is 10.1. The molecule has 1 heterocycles. The molecule has 0 aliphatic carbocycles. The topological polar surface area (TPSA) is 9.23 Å². The smallest absolute Gasteiger partial charge is 0.0466 e. The summed E-state index contributed by atoms with van der Waals surface area (Å²) in [6.07, 6.45) is 5.69. The summed E-state index contributed by atoms with van der Waals surface area (Å²) in [6, 6.07) is 4.32. The number of unbranched alkanes of at least 4 members (excludes halogenated alkanes) is 2. The molecule has 1 rings (SSSR count). The second kappa shape index (κ2) is 8.01. The number of rotatable bonds is 8. The van der Waals surface area contributed by atoms with E-state index in [0.717, 1.165) is 26.1 Å². The lowest BCUT2D eigenvalue weighted by atomic mass is 10.2. The van der Waals surface area contributed by atoms with Crippen LogP contribution >= 0.6 is 11.3 Å². The highest BCUT2D eigenvalue weighted by molar-refractivity contribution is 7.09. The summed E-state index contributed by atoms with van der Waals surface area (Å²) in [5.74, 6) is 0. The average molecular weight is 211 g/mol. The maximum Gasteiger partial charge on any atom is 0.0466 e. The van der Waals surface area contributed by atoms with Gasteiger partial charge in [-0.15, -0.1) is 11.3 Å². The third kappa shape index (κ3) is 5.40. The Hall–Kier alpha value is -0.340. The Labute approximate surface area is 91.1 Å². The molecule has 1 aromatic rings. The normalized spacial score (nSPS) is 10.6. The summed E-state index contributed by atoms with van der Waals surface area (Å²) >= 11 is 1.85. The van der Waals surface area contributed by atoms with Crippen molar-refractivity contribution in [3.8, 4) is 0 Å². The van der Waals surface area contributed by atoms with Gasteiger partial charge in [-0.05, 0) is 37.1 Å². The fourth-order valence-electron chi connectivity index (χ4n) is 1.26. The second-order valence-electron chi connectivity index (χ2n) is 3.36. The van der Waals surface area contributed by atoms with Gasteiger partial charge >= 0.3 is 0 Å². The zero-order valence-corrected chi connectivity index (χ0v) is 9.52. The summed E-state index contributed by atoms with van der Waals surface area (Å²) in [7, 11) is 0. The maximum absolute atomic E-state index is 5.46. The molecule has 0 aliphatic heterocycles. The van der Waals surface area contributed by atoms with E-state index in [1.165, 1.54) is 24.1 Å². The Morgan fingerprint density at radius 3 is 2.79 bits per heavy atom. The molecule has 2 heteroatoms. The zero-order valence-electron chi connectivity index (χ0n) is 8.71. The van der Waals surface area contributed by atoms with Gasteiger partial charge < -0.3 is 4.74 Å². The average Bonchev–Trinajstić information content (AvgIpc) is 2.69. The molecule has 0 saturated carbocycles. The molecule has 0 bridgehead atoms. The number of hydrogen-bond donors (Lipinski definition) is 0. The van der Waals surface area contributed by atoms with Crippen molar-refractivity contribution in [2.24, 2.45) is 0 Å². The molecule has 0 saturated heterocycles. The highest BCUT2D eigenvalue weighted by atomic mass is 32.1. The SMILES string of the molecule is [CH2]CCCOCCCCc1cccs1. The Bertz CT molecular complexity index is 206. The first-order valence-corrected chi connectivity index (χ1v) is 6.21. The Kier molecular flexibility index (Phi) is 6.71. The third-order valence-electron chi connectivity index (χ3n) is 2.08. The van der Waals surface area contributed by atoms with Crippen molar-refractivity contribution in [1.82, 2.24) is 0 Å². The standard InChI is InChI=1S/C12H19OS/c1-2-3-9-13-10-5-4-7-12-8-6-11-14-12/h6,8,11H,1-5,7,9-10H2. The Morgan fingerprint density at radius 1 is 1.21 bits per heavy atom. The van der Waals surface area contributed by atoms with E-state index in [1.807, 2.05) is 11.3 Å². The molecule has 0 aliphatic rings. The molecule has 0 N–H and O–H groups in total. The lowest BCUT2D eigenvalue weighted by Crippen LogP contribution is -1.97. The van der Waals surface area contributed by atoms with Crippen LogP contribution in [0.5, 0.6) is 0 Å². The number of aryl methyl sites for hydroxylation is 1. The van der Waals surface area contributed by atoms with Crippen molar-refractivity contribution < 1.29 is 4.74 Å². The van der Waals surface area contributed by atoms with E-state index in [1.54, 1.807) is 0 Å². The maximum atomic E-state index is 5.46. The largest absolute Gasteiger partial charge is 0.381 e. The number of ether oxygens (including phenoxy) is 1. The lowest BCUT2D eigenvalue weighted by molar-refractivity contribution is 0.128. The summed E-state index contributed by atoms with van der Waals surface area (Å²) in [5.41, 5.74) is 0. The minimum atomic E-state index is 0.877. The van der Waals surface area contributed by atoms with Crippen LogP contribution in [0.2, 0.25) is 0 Å². The van der Waals surface area contributed by atoms with E-state index in [9.17, 15) is 0 Å². The van der Waals surface area contributed by atoms with E-state index in [-0.39, 0.29) is 0 Å². The number of thiophene rings is 1. The molecule has 0 spiro atoms. The Balaban J connectivity index is 1.85. The van der Waals surface area contributed by atoms with Gasteiger partial charge in [0.1, 0.15) is 0 Å². The molecule has 0 aromatic carbocycles. The van der Waals surface area contributed by atoms with Crippen molar-refractivity contribution in [2.45, 2.75) is 32.1 Å². The van der Waals surface area contributed by atoms with Crippen LogP contribution in [0.3, 0.4) is 0 Å². The highest BCUT2D eigenvalue weighted by Gasteiger charge is 1.94. The van der Waals surface area contributed by atoms with Gasteiger partial charge in [0.25, 0.3) is 0 Å². The summed E-state index contributed by atoms with van der Waals surface area (Å²) in [6.45, 7) is 5.56. The van der Waals surface area contributed by atoms with Gasteiger partial charge in [0, 0.05) is 18.1 Å². The van der Waals surface area contributed by atoms with E-state index in [2.05, 4.69) is 24.4 Å². The minimum absolute atomic E-state index is 0.877. The molecule has 1 nitrogen and oxygen atoms in total. The summed E-state index contributed by atoms with van der Waals surface area (Å²) in [4.78, 5) is 1.49. The quantitative estimate of drug-likeness (QED) is 0.596. The van der Waals surface area contributed by atoms with Crippen LogP contribution in [0.4, 0.5) is 0 Å². The second-order valence-corrected chi connectivity index (χ2v) is 4.39. The van der Waals surface area contributed by atoms with Crippen LogP contribution < -0.4 is 0 Å². The van der Waals surface area contributed by atoms with Crippen molar-refractivity contribution in [3.05, 3.63) is 29.3 Å².